The largest absolute Gasteiger partial charge is 0.299 e. The highest BCUT2D eigenvalue weighted by molar-refractivity contribution is 7.98. The molecular formula is C10H23N3OS. The van der Waals surface area contributed by atoms with Crippen molar-refractivity contribution in [2.75, 3.05) is 19.1 Å². The number of nitrogens with two attached hydrogens (primary N) is 1. The number of hydrogen-bond donors (Lipinski definition) is 2. The van der Waals surface area contributed by atoms with Gasteiger partial charge in [0.2, 0.25) is 5.91 Å². The third-order valence-electron chi connectivity index (χ3n) is 3.02. The number of rotatable bonds is 6. The second kappa shape index (κ2) is 7.09. The monoisotopic (exact) mass is 233 g/mol. The first kappa shape index (κ1) is 14.7. The molecule has 0 aromatic carbocycles. The lowest BCUT2D eigenvalue weighted by atomic mass is 10.0. The van der Waals surface area contributed by atoms with Crippen molar-refractivity contribution < 1.29 is 4.79 Å². The van der Waals surface area contributed by atoms with Gasteiger partial charge >= 0.3 is 0 Å². The van der Waals surface area contributed by atoms with Crippen LogP contribution in [0.2, 0.25) is 0 Å². The normalized spacial score (nSPS) is 17.3. The van der Waals surface area contributed by atoms with Gasteiger partial charge < -0.3 is 0 Å². The standard InChI is InChI=1S/C10H23N3OS/c1-7(6-15-5)13(4)9(3)8(2)10(14)12-11/h7-9H,6,11H2,1-5H3,(H,12,14). The summed E-state index contributed by atoms with van der Waals surface area (Å²) in [7, 11) is 2.05. The van der Waals surface area contributed by atoms with Gasteiger partial charge in [0.05, 0.1) is 5.92 Å². The molecule has 0 aliphatic carbocycles. The van der Waals surface area contributed by atoms with Crippen LogP contribution in [-0.4, -0.2) is 41.9 Å². The van der Waals surface area contributed by atoms with Gasteiger partial charge in [-0.2, -0.15) is 11.8 Å². The molecule has 0 rings (SSSR count). The van der Waals surface area contributed by atoms with Crippen molar-refractivity contribution in [3.8, 4) is 0 Å². The number of nitrogens with zero attached hydrogens (tertiary/aromatic N) is 1. The summed E-state index contributed by atoms with van der Waals surface area (Å²) in [6, 6.07) is 0.652. The van der Waals surface area contributed by atoms with Crippen LogP contribution in [-0.2, 0) is 4.79 Å². The Bertz CT molecular complexity index is 201. The van der Waals surface area contributed by atoms with E-state index in [0.717, 1.165) is 5.75 Å². The summed E-state index contributed by atoms with van der Waals surface area (Å²) in [6.07, 6.45) is 2.09. The van der Waals surface area contributed by atoms with E-state index >= 15 is 0 Å². The molecule has 0 aliphatic rings. The molecule has 0 saturated heterocycles. The molecule has 0 bridgehead atoms. The molecule has 3 atom stereocenters. The fourth-order valence-electron chi connectivity index (χ4n) is 1.46. The molecule has 15 heavy (non-hydrogen) atoms. The summed E-state index contributed by atoms with van der Waals surface area (Å²) in [6.45, 7) is 6.12. The fraction of sp³-hybridized carbons (Fsp3) is 0.900. The van der Waals surface area contributed by atoms with Crippen LogP contribution in [0.25, 0.3) is 0 Å². The predicted molar refractivity (Wildman–Crippen MR) is 66.6 cm³/mol. The summed E-state index contributed by atoms with van der Waals surface area (Å²) in [5.74, 6) is 5.99. The quantitative estimate of drug-likeness (QED) is 0.402. The molecule has 0 radical (unpaired) electrons. The zero-order valence-corrected chi connectivity index (χ0v) is 11.1. The topological polar surface area (TPSA) is 58.4 Å². The molecule has 0 fully saturated rings. The van der Waals surface area contributed by atoms with Gasteiger partial charge in [-0.05, 0) is 27.2 Å². The molecule has 1 amide bonds. The van der Waals surface area contributed by atoms with Gasteiger partial charge in [-0.3, -0.25) is 15.1 Å². The zero-order valence-electron chi connectivity index (χ0n) is 10.3. The molecule has 0 spiro atoms. The van der Waals surface area contributed by atoms with Gasteiger partial charge in [0.15, 0.2) is 0 Å². The Balaban J connectivity index is 4.29. The number of carbonyl (C=O) groups is 1. The van der Waals surface area contributed by atoms with E-state index in [1.54, 1.807) is 0 Å². The van der Waals surface area contributed by atoms with Crippen molar-refractivity contribution in [3.05, 3.63) is 0 Å². The van der Waals surface area contributed by atoms with Crippen molar-refractivity contribution in [1.29, 1.82) is 0 Å². The number of thioether (sulfide) groups is 1. The van der Waals surface area contributed by atoms with Gasteiger partial charge in [-0.25, -0.2) is 5.84 Å². The van der Waals surface area contributed by atoms with E-state index in [0.29, 0.717) is 6.04 Å². The van der Waals surface area contributed by atoms with Crippen LogP contribution in [0.3, 0.4) is 0 Å². The Morgan fingerprint density at radius 3 is 2.40 bits per heavy atom. The second-order valence-corrected chi connectivity index (χ2v) is 4.92. The minimum atomic E-state index is -0.106. The van der Waals surface area contributed by atoms with E-state index in [1.807, 2.05) is 25.7 Å². The lowest BCUT2D eigenvalue weighted by Crippen LogP contribution is -2.47. The maximum atomic E-state index is 11.4. The number of hydrazine groups is 1. The van der Waals surface area contributed by atoms with E-state index < -0.39 is 0 Å². The molecule has 3 N–H and O–H groups in total. The van der Waals surface area contributed by atoms with Crippen molar-refractivity contribution >= 4 is 17.7 Å². The van der Waals surface area contributed by atoms with Crippen LogP contribution in [0.4, 0.5) is 0 Å². The maximum absolute atomic E-state index is 11.4. The lowest BCUT2D eigenvalue weighted by molar-refractivity contribution is -0.126. The Morgan fingerprint density at radius 1 is 1.47 bits per heavy atom. The van der Waals surface area contributed by atoms with E-state index in [4.69, 9.17) is 5.84 Å². The number of hydrogen-bond acceptors (Lipinski definition) is 4. The highest BCUT2D eigenvalue weighted by atomic mass is 32.2. The van der Waals surface area contributed by atoms with Crippen molar-refractivity contribution in [1.82, 2.24) is 10.3 Å². The first-order valence-electron chi connectivity index (χ1n) is 5.17. The SMILES string of the molecule is CSCC(C)N(C)C(C)C(C)C(=O)NN. The average Bonchev–Trinajstić information content (AvgIpc) is 2.25. The van der Waals surface area contributed by atoms with Crippen molar-refractivity contribution in [2.45, 2.75) is 32.9 Å². The van der Waals surface area contributed by atoms with Crippen LogP contribution in [0.15, 0.2) is 0 Å². The minimum Gasteiger partial charge on any atom is -0.299 e. The van der Waals surface area contributed by atoms with E-state index in [9.17, 15) is 4.79 Å². The predicted octanol–water partition coefficient (Wildman–Crippen LogP) is 0.684. The summed E-state index contributed by atoms with van der Waals surface area (Å²) >= 11 is 1.81. The minimum absolute atomic E-state index is 0.0932. The Hall–Kier alpha value is -0.260. The number of amides is 1. The molecule has 0 saturated carbocycles. The maximum Gasteiger partial charge on any atom is 0.238 e. The summed E-state index contributed by atoms with van der Waals surface area (Å²) < 4.78 is 0. The Labute approximate surface area is 96.9 Å². The van der Waals surface area contributed by atoms with Crippen molar-refractivity contribution in [3.63, 3.8) is 0 Å². The van der Waals surface area contributed by atoms with Crippen LogP contribution in [0, 0.1) is 5.92 Å². The fourth-order valence-corrected chi connectivity index (χ4v) is 2.18. The second-order valence-electron chi connectivity index (χ2n) is 4.01. The van der Waals surface area contributed by atoms with Gasteiger partial charge in [0.25, 0.3) is 0 Å². The molecule has 0 aromatic heterocycles. The Morgan fingerprint density at radius 2 is 2.00 bits per heavy atom. The summed E-state index contributed by atoms with van der Waals surface area (Å²) in [5, 5.41) is 0. The lowest BCUT2D eigenvalue weighted by Gasteiger charge is -2.33. The molecule has 0 aliphatic heterocycles. The van der Waals surface area contributed by atoms with Crippen LogP contribution < -0.4 is 11.3 Å². The summed E-state index contributed by atoms with van der Waals surface area (Å²) in [4.78, 5) is 13.6. The molecule has 3 unspecified atom stereocenters. The smallest absolute Gasteiger partial charge is 0.238 e. The first-order chi connectivity index (χ1) is 6.95. The van der Waals surface area contributed by atoms with Crippen LogP contribution in [0.1, 0.15) is 20.8 Å². The van der Waals surface area contributed by atoms with Crippen LogP contribution >= 0.6 is 11.8 Å². The molecule has 5 heteroatoms. The first-order valence-corrected chi connectivity index (χ1v) is 6.56. The van der Waals surface area contributed by atoms with Crippen molar-refractivity contribution in [2.24, 2.45) is 11.8 Å². The van der Waals surface area contributed by atoms with E-state index in [2.05, 4.69) is 30.4 Å². The van der Waals surface area contributed by atoms with Gasteiger partial charge in [-0.15, -0.1) is 0 Å². The van der Waals surface area contributed by atoms with Gasteiger partial charge in [0, 0.05) is 17.8 Å². The third-order valence-corrected chi connectivity index (χ3v) is 3.84. The zero-order chi connectivity index (χ0) is 12.0. The molecule has 0 aromatic rings. The number of nitrogens with one attached hydrogen (secondary N) is 1. The molecule has 0 heterocycles. The van der Waals surface area contributed by atoms with E-state index in [-0.39, 0.29) is 17.9 Å². The molecular weight excluding hydrogens is 210 g/mol. The summed E-state index contributed by atoms with van der Waals surface area (Å²) in [5.41, 5.74) is 2.20. The third kappa shape index (κ3) is 4.40. The van der Waals surface area contributed by atoms with Crippen LogP contribution in [0.5, 0.6) is 0 Å². The Kier molecular flexibility index (Phi) is 6.96. The van der Waals surface area contributed by atoms with Gasteiger partial charge in [0.1, 0.15) is 0 Å². The number of carbonyl (C=O) groups excluding carboxylic acids is 1. The molecule has 90 valence electrons. The van der Waals surface area contributed by atoms with E-state index in [1.165, 1.54) is 0 Å². The molecule has 4 nitrogen and oxygen atoms in total. The van der Waals surface area contributed by atoms with Gasteiger partial charge in [-0.1, -0.05) is 6.92 Å². The highest BCUT2D eigenvalue weighted by Crippen LogP contribution is 2.14. The average molecular weight is 233 g/mol. The highest BCUT2D eigenvalue weighted by Gasteiger charge is 2.25.